The second-order valence-corrected chi connectivity index (χ2v) is 4.20. The molecule has 0 unspecified atom stereocenters. The molecule has 0 fully saturated rings. The summed E-state index contributed by atoms with van der Waals surface area (Å²) in [6, 6.07) is 8.33. The molecular weight excluding hydrogens is 231 g/mol. The minimum atomic E-state index is -0.664. The lowest BCUT2D eigenvalue weighted by Crippen LogP contribution is -2.12. The van der Waals surface area contributed by atoms with E-state index >= 15 is 0 Å². The van der Waals surface area contributed by atoms with Crippen molar-refractivity contribution >= 4 is 11.6 Å². The lowest BCUT2D eigenvalue weighted by Gasteiger charge is -2.07. The number of anilines is 1. The van der Waals surface area contributed by atoms with Gasteiger partial charge >= 0.3 is 0 Å². The van der Waals surface area contributed by atoms with Crippen LogP contribution in [0.15, 0.2) is 36.5 Å². The van der Waals surface area contributed by atoms with Crippen molar-refractivity contribution in [1.29, 1.82) is 0 Å². The highest BCUT2D eigenvalue weighted by Gasteiger charge is 2.07. The first kappa shape index (κ1) is 12.2. The molecule has 1 aromatic heterocycles. The van der Waals surface area contributed by atoms with E-state index in [1.165, 1.54) is 12.3 Å². The molecule has 2 rings (SSSR count). The highest BCUT2D eigenvalue weighted by molar-refractivity contribution is 6.04. The number of nitrogens with zero attached hydrogens (tertiary/aromatic N) is 1. The van der Waals surface area contributed by atoms with Gasteiger partial charge < -0.3 is 5.32 Å². The van der Waals surface area contributed by atoms with Crippen molar-refractivity contribution in [3.63, 3.8) is 0 Å². The third kappa shape index (κ3) is 2.91. The van der Waals surface area contributed by atoms with E-state index in [0.29, 0.717) is 5.69 Å². The fourth-order valence-electron chi connectivity index (χ4n) is 1.79. The number of hydrogen-bond acceptors (Lipinski definition) is 2. The van der Waals surface area contributed by atoms with Crippen LogP contribution in [0.4, 0.5) is 10.1 Å². The van der Waals surface area contributed by atoms with Crippen LogP contribution in [0, 0.1) is 19.8 Å². The minimum Gasteiger partial charge on any atom is -0.322 e. The number of aromatic nitrogens is 1. The van der Waals surface area contributed by atoms with Gasteiger partial charge in [-0.3, -0.25) is 4.79 Å². The molecular formula is C14H13FN2O. The summed E-state index contributed by atoms with van der Waals surface area (Å²) in [6.07, 6.45) is 1.27. The van der Waals surface area contributed by atoms with Crippen molar-refractivity contribution in [2.24, 2.45) is 0 Å². The molecule has 0 aliphatic carbocycles. The normalized spacial score (nSPS) is 10.2. The summed E-state index contributed by atoms with van der Waals surface area (Å²) in [5.74, 6) is -1.01. The Kier molecular flexibility index (Phi) is 3.37. The van der Waals surface area contributed by atoms with E-state index in [0.717, 1.165) is 17.2 Å². The maximum absolute atomic E-state index is 12.9. The topological polar surface area (TPSA) is 42.0 Å². The smallest absolute Gasteiger partial charge is 0.255 e. The number of halogens is 1. The Morgan fingerprint density at radius 3 is 2.44 bits per heavy atom. The van der Waals surface area contributed by atoms with Crippen LogP contribution < -0.4 is 5.32 Å². The maximum atomic E-state index is 12.9. The molecule has 3 nitrogen and oxygen atoms in total. The zero-order chi connectivity index (χ0) is 13.1. The Morgan fingerprint density at radius 2 is 1.83 bits per heavy atom. The molecule has 18 heavy (non-hydrogen) atoms. The van der Waals surface area contributed by atoms with Gasteiger partial charge in [0.25, 0.3) is 5.91 Å². The summed E-state index contributed by atoms with van der Waals surface area (Å²) in [4.78, 5) is 15.3. The van der Waals surface area contributed by atoms with Crippen molar-refractivity contribution < 1.29 is 9.18 Å². The predicted octanol–water partition coefficient (Wildman–Crippen LogP) is 3.09. The van der Waals surface area contributed by atoms with Gasteiger partial charge in [-0.25, -0.2) is 4.98 Å². The van der Waals surface area contributed by atoms with Crippen LogP contribution in [0.5, 0.6) is 0 Å². The van der Waals surface area contributed by atoms with Crippen molar-refractivity contribution in [3.8, 4) is 0 Å². The minimum absolute atomic E-state index is 0.252. The molecule has 0 saturated heterocycles. The number of carbonyl (C=O) groups is 1. The van der Waals surface area contributed by atoms with Crippen LogP contribution in [0.2, 0.25) is 0 Å². The van der Waals surface area contributed by atoms with Crippen LogP contribution in [0.3, 0.4) is 0 Å². The quantitative estimate of drug-likeness (QED) is 0.825. The highest BCUT2D eigenvalue weighted by atomic mass is 19.1. The van der Waals surface area contributed by atoms with Crippen LogP contribution in [-0.4, -0.2) is 10.9 Å². The van der Waals surface area contributed by atoms with Gasteiger partial charge in [0.2, 0.25) is 5.95 Å². The van der Waals surface area contributed by atoms with E-state index in [-0.39, 0.29) is 11.5 Å². The fraction of sp³-hybridized carbons (Fsp3) is 0.143. The fourth-order valence-corrected chi connectivity index (χ4v) is 1.79. The molecule has 0 aliphatic heterocycles. The van der Waals surface area contributed by atoms with Crippen LogP contribution in [0.25, 0.3) is 0 Å². The highest BCUT2D eigenvalue weighted by Crippen LogP contribution is 2.15. The van der Waals surface area contributed by atoms with Gasteiger partial charge in [0.15, 0.2) is 0 Å². The lowest BCUT2D eigenvalue weighted by molar-refractivity contribution is 0.102. The van der Waals surface area contributed by atoms with Crippen molar-refractivity contribution in [2.75, 3.05) is 5.32 Å². The average Bonchev–Trinajstić information content (AvgIpc) is 2.27. The van der Waals surface area contributed by atoms with Crippen LogP contribution in [0.1, 0.15) is 21.5 Å². The molecule has 1 N–H and O–H groups in total. The number of aryl methyl sites for hydroxylation is 2. The summed E-state index contributed by atoms with van der Waals surface area (Å²) in [6.45, 7) is 3.91. The predicted molar refractivity (Wildman–Crippen MR) is 68.1 cm³/mol. The number of pyridine rings is 1. The van der Waals surface area contributed by atoms with Gasteiger partial charge in [-0.2, -0.15) is 4.39 Å². The first-order chi connectivity index (χ1) is 8.54. The third-order valence-corrected chi connectivity index (χ3v) is 2.47. The van der Waals surface area contributed by atoms with Crippen molar-refractivity contribution in [3.05, 3.63) is 59.2 Å². The Balaban J connectivity index is 2.21. The summed E-state index contributed by atoms with van der Waals surface area (Å²) in [7, 11) is 0. The summed E-state index contributed by atoms with van der Waals surface area (Å²) in [5.41, 5.74) is 3.08. The van der Waals surface area contributed by atoms with Crippen LogP contribution in [-0.2, 0) is 0 Å². The maximum Gasteiger partial charge on any atom is 0.255 e. The standard InChI is InChI=1S/C14H13FN2O/c1-9-5-10(2)7-12(6-9)17-14(18)11-3-4-16-13(15)8-11/h3-8H,1-2H3,(H,17,18). The summed E-state index contributed by atoms with van der Waals surface area (Å²) < 4.78 is 12.9. The van der Waals surface area contributed by atoms with E-state index < -0.39 is 5.95 Å². The molecule has 92 valence electrons. The molecule has 4 heteroatoms. The molecule has 2 aromatic rings. The third-order valence-electron chi connectivity index (χ3n) is 2.47. The van der Waals surface area contributed by atoms with Gasteiger partial charge in [0.1, 0.15) is 0 Å². The lowest BCUT2D eigenvalue weighted by atomic mass is 10.1. The first-order valence-corrected chi connectivity index (χ1v) is 5.56. The average molecular weight is 244 g/mol. The van der Waals surface area contributed by atoms with Gasteiger partial charge in [-0.15, -0.1) is 0 Å². The Labute approximate surface area is 105 Å². The first-order valence-electron chi connectivity index (χ1n) is 5.56. The summed E-state index contributed by atoms with van der Waals surface area (Å²) in [5, 5.41) is 2.73. The molecule has 1 amide bonds. The molecule has 0 radical (unpaired) electrons. The monoisotopic (exact) mass is 244 g/mol. The SMILES string of the molecule is Cc1cc(C)cc(NC(=O)c2ccnc(F)c2)c1. The van der Waals surface area contributed by atoms with Crippen molar-refractivity contribution in [2.45, 2.75) is 13.8 Å². The van der Waals surface area contributed by atoms with E-state index in [4.69, 9.17) is 0 Å². The summed E-state index contributed by atoms with van der Waals surface area (Å²) >= 11 is 0. The Bertz CT molecular complexity index is 576. The van der Waals surface area contributed by atoms with Gasteiger partial charge in [0, 0.05) is 23.5 Å². The number of benzene rings is 1. The number of rotatable bonds is 2. The van der Waals surface area contributed by atoms with E-state index in [2.05, 4.69) is 10.3 Å². The second kappa shape index (κ2) is 4.96. The van der Waals surface area contributed by atoms with Gasteiger partial charge in [-0.1, -0.05) is 6.07 Å². The van der Waals surface area contributed by atoms with Crippen molar-refractivity contribution in [1.82, 2.24) is 4.98 Å². The number of carbonyl (C=O) groups excluding carboxylic acids is 1. The zero-order valence-electron chi connectivity index (χ0n) is 10.2. The number of hydrogen-bond donors (Lipinski definition) is 1. The molecule has 0 aliphatic rings. The largest absolute Gasteiger partial charge is 0.322 e. The van der Waals surface area contributed by atoms with E-state index in [1.807, 2.05) is 32.0 Å². The molecule has 0 saturated carbocycles. The molecule has 1 aromatic carbocycles. The Hall–Kier alpha value is -2.23. The van der Waals surface area contributed by atoms with Crippen LogP contribution >= 0.6 is 0 Å². The molecule has 0 spiro atoms. The van der Waals surface area contributed by atoms with E-state index in [9.17, 15) is 9.18 Å². The zero-order valence-corrected chi connectivity index (χ0v) is 10.2. The second-order valence-electron chi connectivity index (χ2n) is 4.20. The molecule has 0 atom stereocenters. The number of nitrogens with one attached hydrogen (secondary N) is 1. The molecule has 0 bridgehead atoms. The van der Waals surface area contributed by atoms with Gasteiger partial charge in [-0.05, 0) is 43.2 Å². The Morgan fingerprint density at radius 1 is 1.17 bits per heavy atom. The number of amides is 1. The molecule has 1 heterocycles. The van der Waals surface area contributed by atoms with E-state index in [1.54, 1.807) is 0 Å². The van der Waals surface area contributed by atoms with Gasteiger partial charge in [0.05, 0.1) is 0 Å².